The summed E-state index contributed by atoms with van der Waals surface area (Å²) < 4.78 is 5.33. The minimum absolute atomic E-state index is 0.179. The smallest absolute Gasteiger partial charge is 0.230 e. The minimum Gasteiger partial charge on any atom is -0.378 e. The molecule has 1 aliphatic heterocycles. The lowest BCUT2D eigenvalue weighted by Gasteiger charge is -2.26. The molecule has 0 saturated carbocycles. The van der Waals surface area contributed by atoms with Crippen LogP contribution in [0.3, 0.4) is 0 Å². The molecule has 0 atom stereocenters. The van der Waals surface area contributed by atoms with E-state index in [4.69, 9.17) is 27.9 Å². The normalized spacial score (nSPS) is 15.3. The predicted molar refractivity (Wildman–Crippen MR) is 83.1 cm³/mol. The number of aromatic nitrogens is 3. The monoisotopic (exact) mass is 324 g/mol. The van der Waals surface area contributed by atoms with Gasteiger partial charge in [0.2, 0.25) is 11.2 Å². The van der Waals surface area contributed by atoms with Crippen LogP contribution in [-0.4, -0.2) is 41.3 Å². The molecule has 3 rings (SSSR count). The molecule has 0 bridgehead atoms. The highest BCUT2D eigenvalue weighted by atomic mass is 35.5. The number of ether oxygens (including phenoxy) is 1. The maximum absolute atomic E-state index is 6.16. The van der Waals surface area contributed by atoms with Crippen LogP contribution in [0.1, 0.15) is 5.56 Å². The van der Waals surface area contributed by atoms with E-state index < -0.39 is 0 Å². The summed E-state index contributed by atoms with van der Waals surface area (Å²) in [5.74, 6) is 1.10. The minimum atomic E-state index is 0.179. The van der Waals surface area contributed by atoms with Gasteiger partial charge in [0, 0.05) is 23.7 Å². The molecule has 7 heteroatoms. The van der Waals surface area contributed by atoms with Gasteiger partial charge in [-0.05, 0) is 30.2 Å². The Balaban J connectivity index is 1.98. The van der Waals surface area contributed by atoms with E-state index in [0.29, 0.717) is 30.0 Å². The van der Waals surface area contributed by atoms with Gasteiger partial charge in [0.05, 0.1) is 13.2 Å². The summed E-state index contributed by atoms with van der Waals surface area (Å²) >= 11 is 12.2. The van der Waals surface area contributed by atoms with E-state index in [2.05, 4.69) is 15.0 Å². The Labute approximate surface area is 132 Å². The number of anilines is 1. The van der Waals surface area contributed by atoms with E-state index in [1.165, 1.54) is 0 Å². The van der Waals surface area contributed by atoms with E-state index >= 15 is 0 Å². The van der Waals surface area contributed by atoms with Crippen molar-refractivity contribution < 1.29 is 4.74 Å². The number of hydrogen-bond acceptors (Lipinski definition) is 5. The van der Waals surface area contributed by atoms with Gasteiger partial charge in [0.25, 0.3) is 0 Å². The van der Waals surface area contributed by atoms with Crippen molar-refractivity contribution in [1.82, 2.24) is 15.0 Å². The summed E-state index contributed by atoms with van der Waals surface area (Å²) in [4.78, 5) is 14.9. The second kappa shape index (κ2) is 6.13. The van der Waals surface area contributed by atoms with Gasteiger partial charge in [-0.15, -0.1) is 0 Å². The van der Waals surface area contributed by atoms with E-state index in [9.17, 15) is 0 Å². The molecule has 1 aliphatic rings. The fourth-order valence-corrected chi connectivity index (χ4v) is 2.44. The maximum atomic E-state index is 6.16. The van der Waals surface area contributed by atoms with E-state index in [1.54, 1.807) is 0 Å². The molecule has 0 amide bonds. The molecule has 1 fully saturated rings. The highest BCUT2D eigenvalue weighted by Gasteiger charge is 2.16. The zero-order valence-electron chi connectivity index (χ0n) is 11.5. The first-order chi connectivity index (χ1) is 10.1. The molecule has 5 nitrogen and oxygen atoms in total. The van der Waals surface area contributed by atoms with Crippen molar-refractivity contribution >= 4 is 29.2 Å². The molecule has 0 radical (unpaired) electrons. The molecule has 1 saturated heterocycles. The van der Waals surface area contributed by atoms with Crippen LogP contribution in [0.5, 0.6) is 0 Å². The molecule has 2 heterocycles. The van der Waals surface area contributed by atoms with Crippen molar-refractivity contribution in [3.63, 3.8) is 0 Å². The van der Waals surface area contributed by atoms with Gasteiger partial charge in [-0.1, -0.05) is 23.7 Å². The van der Waals surface area contributed by atoms with Crippen LogP contribution in [0, 0.1) is 6.92 Å². The summed E-state index contributed by atoms with van der Waals surface area (Å²) in [6.07, 6.45) is 0. The third-order valence-corrected chi connectivity index (χ3v) is 3.90. The highest BCUT2D eigenvalue weighted by Crippen LogP contribution is 2.25. The average Bonchev–Trinajstić information content (AvgIpc) is 2.50. The second-order valence-corrected chi connectivity index (χ2v) is 5.54. The average molecular weight is 325 g/mol. The molecule has 0 aliphatic carbocycles. The number of morpholine rings is 1. The van der Waals surface area contributed by atoms with Crippen LogP contribution in [0.4, 0.5) is 5.95 Å². The fraction of sp³-hybridized carbons (Fsp3) is 0.357. The summed E-state index contributed by atoms with van der Waals surface area (Å²) in [6, 6.07) is 5.70. The van der Waals surface area contributed by atoms with E-state index in [1.807, 2.05) is 30.0 Å². The Hall–Kier alpha value is -1.43. The molecule has 21 heavy (non-hydrogen) atoms. The third-order valence-electron chi connectivity index (χ3n) is 3.32. The first kappa shape index (κ1) is 14.5. The summed E-state index contributed by atoms with van der Waals surface area (Å²) in [5, 5.41) is 0.857. The summed E-state index contributed by atoms with van der Waals surface area (Å²) in [7, 11) is 0. The first-order valence-electron chi connectivity index (χ1n) is 6.64. The molecule has 0 N–H and O–H groups in total. The van der Waals surface area contributed by atoms with Gasteiger partial charge in [-0.2, -0.15) is 15.0 Å². The van der Waals surface area contributed by atoms with Gasteiger partial charge in [0.15, 0.2) is 5.82 Å². The van der Waals surface area contributed by atoms with Gasteiger partial charge < -0.3 is 9.64 Å². The Kier molecular flexibility index (Phi) is 4.24. The van der Waals surface area contributed by atoms with E-state index in [0.717, 1.165) is 24.2 Å². The van der Waals surface area contributed by atoms with Gasteiger partial charge in [0.1, 0.15) is 0 Å². The van der Waals surface area contributed by atoms with E-state index in [-0.39, 0.29) is 5.28 Å². The maximum Gasteiger partial charge on any atom is 0.230 e. The molecule has 0 unspecified atom stereocenters. The Bertz CT molecular complexity index is 659. The van der Waals surface area contributed by atoms with Crippen molar-refractivity contribution in [2.45, 2.75) is 6.92 Å². The number of nitrogens with zero attached hydrogens (tertiary/aromatic N) is 4. The fourth-order valence-electron chi connectivity index (χ4n) is 2.11. The van der Waals surface area contributed by atoms with Crippen molar-refractivity contribution in [2.75, 3.05) is 31.2 Å². The predicted octanol–water partition coefficient (Wildman–Crippen LogP) is 2.99. The second-order valence-electron chi connectivity index (χ2n) is 4.79. The summed E-state index contributed by atoms with van der Waals surface area (Å²) in [6.45, 7) is 4.76. The lowest BCUT2D eigenvalue weighted by Crippen LogP contribution is -2.37. The van der Waals surface area contributed by atoms with Crippen LogP contribution in [0.25, 0.3) is 11.4 Å². The first-order valence-corrected chi connectivity index (χ1v) is 7.40. The van der Waals surface area contributed by atoms with Crippen LogP contribution in [-0.2, 0) is 4.74 Å². The van der Waals surface area contributed by atoms with Gasteiger partial charge in [-0.3, -0.25) is 0 Å². The highest BCUT2D eigenvalue weighted by molar-refractivity contribution is 6.31. The molecule has 2 aromatic rings. The number of benzene rings is 1. The Morgan fingerprint density at radius 2 is 1.86 bits per heavy atom. The Morgan fingerprint density at radius 1 is 1.10 bits per heavy atom. The Morgan fingerprint density at radius 3 is 2.57 bits per heavy atom. The largest absolute Gasteiger partial charge is 0.378 e. The topological polar surface area (TPSA) is 51.1 Å². The lowest BCUT2D eigenvalue weighted by molar-refractivity contribution is 0.122. The van der Waals surface area contributed by atoms with Crippen LogP contribution < -0.4 is 4.90 Å². The number of hydrogen-bond donors (Lipinski definition) is 0. The van der Waals surface area contributed by atoms with Crippen LogP contribution in [0.15, 0.2) is 18.2 Å². The molecule has 1 aromatic heterocycles. The number of aryl methyl sites for hydroxylation is 1. The molecule has 110 valence electrons. The molecule has 1 aromatic carbocycles. The zero-order chi connectivity index (χ0) is 14.8. The summed E-state index contributed by atoms with van der Waals surface area (Å²) in [5.41, 5.74) is 1.83. The quantitative estimate of drug-likeness (QED) is 0.850. The molecule has 0 spiro atoms. The van der Waals surface area contributed by atoms with Crippen LogP contribution in [0.2, 0.25) is 10.3 Å². The third kappa shape index (κ3) is 3.26. The van der Waals surface area contributed by atoms with Crippen molar-refractivity contribution in [3.05, 3.63) is 34.1 Å². The van der Waals surface area contributed by atoms with Crippen LogP contribution >= 0.6 is 23.2 Å². The number of halogens is 2. The van der Waals surface area contributed by atoms with Crippen molar-refractivity contribution in [3.8, 4) is 11.4 Å². The molecular weight excluding hydrogens is 311 g/mol. The van der Waals surface area contributed by atoms with Crippen molar-refractivity contribution in [1.29, 1.82) is 0 Å². The SMILES string of the molecule is Cc1ccc(-c2nc(Cl)nc(N3CCOCC3)n2)cc1Cl. The molecular formula is C14H14Cl2N4O. The van der Waals surface area contributed by atoms with Gasteiger partial charge >= 0.3 is 0 Å². The van der Waals surface area contributed by atoms with Gasteiger partial charge in [-0.25, -0.2) is 0 Å². The number of rotatable bonds is 2. The zero-order valence-corrected chi connectivity index (χ0v) is 13.0. The van der Waals surface area contributed by atoms with Crippen molar-refractivity contribution in [2.24, 2.45) is 0 Å². The standard InChI is InChI=1S/C14H14Cl2N4O/c1-9-2-3-10(8-11(9)15)12-17-13(16)19-14(18-12)20-4-6-21-7-5-20/h2-3,8H,4-7H2,1H3. The lowest BCUT2D eigenvalue weighted by atomic mass is 10.1.